The predicted octanol–water partition coefficient (Wildman–Crippen LogP) is 4.28. The monoisotopic (exact) mass is 1050 g/mol. The number of hydrogen-bond donors (Lipinski definition) is 1. The van der Waals surface area contributed by atoms with Crippen LogP contribution < -0.4 is 18.9 Å². The van der Waals surface area contributed by atoms with E-state index < -0.39 is 61.5 Å². The van der Waals surface area contributed by atoms with Crippen molar-refractivity contribution in [2.24, 2.45) is 11.8 Å². The molecule has 0 spiro atoms. The Hall–Kier alpha value is -6.38. The molecule has 0 radical (unpaired) electrons. The van der Waals surface area contributed by atoms with Gasteiger partial charge in [0.2, 0.25) is 11.8 Å². The van der Waals surface area contributed by atoms with Crippen molar-refractivity contribution in [3.8, 4) is 0 Å². The van der Waals surface area contributed by atoms with Crippen molar-refractivity contribution in [2.75, 3.05) is 43.2 Å². The van der Waals surface area contributed by atoms with E-state index in [0.717, 1.165) is 33.4 Å². The molecule has 0 aromatic heterocycles. The van der Waals surface area contributed by atoms with E-state index in [2.05, 4.69) is 0 Å². The summed E-state index contributed by atoms with van der Waals surface area (Å²) in [7, 11) is -5.51. The molecule has 6 aromatic rings. The molecule has 4 atom stereocenters. The number of benzene rings is 6. The second-order valence-corrected chi connectivity index (χ2v) is 22.7. The van der Waals surface area contributed by atoms with Crippen LogP contribution in [0.15, 0.2) is 182 Å². The molecular weight excluding hydrogens is 988 g/mol. The van der Waals surface area contributed by atoms with Gasteiger partial charge < -0.3 is 30.6 Å². The van der Waals surface area contributed by atoms with Gasteiger partial charge in [-0.15, -0.1) is 0 Å². The molecule has 0 bridgehead atoms. The van der Waals surface area contributed by atoms with Crippen LogP contribution in [0, 0.1) is 11.8 Å². The number of ether oxygens (including phenoxy) is 1. The Bertz CT molecular complexity index is 2850. The third-order valence-corrected chi connectivity index (χ3v) is 16.8. The molecular formula is C58H67LiN2O12S2. The van der Waals surface area contributed by atoms with E-state index in [1.807, 2.05) is 182 Å². The van der Waals surface area contributed by atoms with Crippen LogP contribution in [0.3, 0.4) is 0 Å². The molecule has 2 amide bonds. The molecule has 2 aliphatic heterocycles. The zero-order chi connectivity index (χ0) is 50.4. The van der Waals surface area contributed by atoms with E-state index in [9.17, 15) is 41.1 Å². The number of carbonyl (C=O) groups excluding carboxylic acids is 3. The summed E-state index contributed by atoms with van der Waals surface area (Å²) in [6.07, 6.45) is 1.23. The average molecular weight is 1060 g/mol. The van der Waals surface area contributed by atoms with Gasteiger partial charge in [0, 0.05) is 13.1 Å². The number of likely N-dealkylation sites (tertiary alicyclic amines) is 2. The number of rotatable bonds is 18. The van der Waals surface area contributed by atoms with Crippen LogP contribution >= 0.6 is 0 Å². The van der Waals surface area contributed by atoms with Crippen LogP contribution in [-0.4, -0.2) is 122 Å². The fraction of sp³-hybridized carbons (Fsp3) is 0.310. The topological polar surface area (TPSA) is 234 Å². The first-order chi connectivity index (χ1) is 34.2. The molecule has 0 aliphatic carbocycles. The average Bonchev–Trinajstić information content (AvgIpc) is 4.01. The molecule has 0 unspecified atom stereocenters. The molecule has 8 rings (SSSR count). The van der Waals surface area contributed by atoms with Crippen LogP contribution in [0.5, 0.6) is 0 Å². The van der Waals surface area contributed by atoms with Crippen LogP contribution in [0.4, 0.5) is 0 Å². The van der Waals surface area contributed by atoms with Gasteiger partial charge in [0.1, 0.15) is 12.1 Å². The Balaban J connectivity index is 0.000000375. The first-order valence-corrected chi connectivity index (χ1v) is 27.5. The van der Waals surface area contributed by atoms with Crippen molar-refractivity contribution in [1.29, 1.82) is 0 Å². The molecule has 2 aliphatic rings. The van der Waals surface area contributed by atoms with E-state index in [0.29, 0.717) is 12.8 Å². The summed E-state index contributed by atoms with van der Waals surface area (Å²) in [5, 5.41) is 9.88. The maximum Gasteiger partial charge on any atom is 1.00 e. The maximum absolute atomic E-state index is 14.0. The molecule has 75 heavy (non-hydrogen) atoms. The van der Waals surface area contributed by atoms with Crippen molar-refractivity contribution < 1.29 is 75.7 Å². The maximum atomic E-state index is 14.0. The molecule has 17 heteroatoms. The van der Waals surface area contributed by atoms with Crippen molar-refractivity contribution in [3.63, 3.8) is 0 Å². The van der Waals surface area contributed by atoms with Gasteiger partial charge >= 0.3 is 30.8 Å². The zero-order valence-corrected chi connectivity index (χ0v) is 43.3. The Morgan fingerprint density at radius 3 is 1.09 bits per heavy atom. The minimum atomic E-state index is -3.42. The van der Waals surface area contributed by atoms with Gasteiger partial charge in [-0.3, -0.25) is 9.59 Å². The summed E-state index contributed by atoms with van der Waals surface area (Å²) in [4.78, 5) is 55.4. The van der Waals surface area contributed by atoms with Crippen molar-refractivity contribution in [2.45, 2.75) is 57.0 Å². The summed E-state index contributed by atoms with van der Waals surface area (Å²) in [5.41, 5.74) is 5.08. The first-order valence-electron chi connectivity index (χ1n) is 23.8. The van der Waals surface area contributed by atoms with Crippen LogP contribution in [0.2, 0.25) is 0 Å². The minimum absolute atomic E-state index is 0. The summed E-state index contributed by atoms with van der Waals surface area (Å²) in [6, 6.07) is 54.4. The van der Waals surface area contributed by atoms with Gasteiger partial charge in [0.05, 0.1) is 42.0 Å². The Morgan fingerprint density at radius 2 is 0.800 bits per heavy atom. The van der Waals surface area contributed by atoms with E-state index in [1.54, 1.807) is 0 Å². The smallest absolute Gasteiger partial charge is 0.870 e. The fourth-order valence-corrected chi connectivity index (χ4v) is 13.1. The van der Waals surface area contributed by atoms with Gasteiger partial charge in [-0.1, -0.05) is 189 Å². The number of methoxy groups -OCH3 is 1. The Morgan fingerprint density at radius 1 is 0.520 bits per heavy atom. The minimum Gasteiger partial charge on any atom is -0.870 e. The van der Waals surface area contributed by atoms with Gasteiger partial charge in [-0.05, 0) is 70.9 Å². The second-order valence-electron chi connectivity index (χ2n) is 18.3. The summed E-state index contributed by atoms with van der Waals surface area (Å²) < 4.78 is 56.6. The summed E-state index contributed by atoms with van der Waals surface area (Å²) >= 11 is 0. The molecule has 394 valence electrons. The number of nitrogens with zero attached hydrogens (tertiary/aromatic N) is 2. The van der Waals surface area contributed by atoms with E-state index in [1.165, 1.54) is 16.9 Å². The summed E-state index contributed by atoms with van der Waals surface area (Å²) in [5.74, 6) is -4.38. The molecule has 0 saturated carbocycles. The number of sulfone groups is 2. The predicted molar refractivity (Wildman–Crippen MR) is 286 cm³/mol. The number of carbonyl (C=O) groups is 4. The number of carboxylic acid groups (broad SMARTS) is 1. The number of aliphatic carboxylic acids is 1. The third kappa shape index (κ3) is 17.3. The fourth-order valence-electron chi connectivity index (χ4n) is 9.76. The molecule has 4 N–H and O–H groups in total. The van der Waals surface area contributed by atoms with Crippen molar-refractivity contribution in [3.05, 3.63) is 215 Å². The van der Waals surface area contributed by atoms with Gasteiger partial charge in [0.15, 0.2) is 19.7 Å². The molecule has 6 aromatic carbocycles. The second kappa shape index (κ2) is 29.6. The largest absolute Gasteiger partial charge is 1.00 e. The Kier molecular flexibility index (Phi) is 24.9. The number of carboxylic acids is 1. The quantitative estimate of drug-likeness (QED) is 0.0943. The number of hydrogen-bond acceptors (Lipinski definition) is 10. The van der Waals surface area contributed by atoms with Crippen LogP contribution in [-0.2, 0) is 56.4 Å². The normalized spacial score (nSPS) is 16.9. The Labute approximate surface area is 453 Å². The van der Waals surface area contributed by atoms with Gasteiger partial charge in [0.25, 0.3) is 0 Å². The first kappa shape index (κ1) is 62.9. The zero-order valence-electron chi connectivity index (χ0n) is 41.6. The third-order valence-electron chi connectivity index (χ3n) is 13.2. The van der Waals surface area contributed by atoms with Crippen LogP contribution in [0.1, 0.15) is 65.5 Å². The summed E-state index contributed by atoms with van der Waals surface area (Å²) in [6.45, 7) is 0.301. The van der Waals surface area contributed by atoms with E-state index >= 15 is 0 Å². The molecule has 2 fully saturated rings. The molecule has 2 saturated heterocycles. The van der Waals surface area contributed by atoms with E-state index in [4.69, 9.17) is 4.74 Å². The van der Waals surface area contributed by atoms with Crippen molar-refractivity contribution >= 4 is 43.4 Å². The number of aryl methyl sites for hydroxylation is 2. The van der Waals surface area contributed by atoms with Gasteiger partial charge in [-0.2, -0.15) is 0 Å². The van der Waals surface area contributed by atoms with Gasteiger partial charge in [-0.25, -0.2) is 26.4 Å². The molecule has 14 nitrogen and oxygen atoms in total. The van der Waals surface area contributed by atoms with E-state index in [-0.39, 0.29) is 104 Å². The number of amides is 2. The van der Waals surface area contributed by atoms with Crippen molar-refractivity contribution in [1.82, 2.24) is 9.80 Å². The number of esters is 1. The SMILES string of the molecule is C.COC(=O)[C@@H]1C[C@H](CS(=O)(=O)CCc2ccccc2)CN1C(=O)C(c1ccccc1)c1ccccc1.O.O=C(O)[C@@H]1C[C@H](CS(=O)(=O)CCc2ccccc2)CN1C(=O)C(c1ccccc1)c1ccccc1.[Li+].[OH-]. The van der Waals surface area contributed by atoms with Crippen LogP contribution in [0.25, 0.3) is 0 Å². The standard InChI is InChI=1S/C29H31NO5S.C28H29NO5S.CH4.Li.2H2O/c1-35-29(32)26-19-23(21-36(33,34)18-17-22-11-5-2-6-12-22)20-30(26)28(31)27(24-13-7-3-8-14-24)25-15-9-4-10-16-25;30-27(26(23-12-6-2-7-13-23)24-14-8-3-9-15-24)29-19-22(18-25(29)28(31)32)20-35(33,34)17-16-21-10-4-1-5-11-21;;;;/h2-16,23,26-27H,17-21H2,1H3;1-15,22,25-26H,16-20H2,(H,31,32);1H4;;2*1H2/q;;;+1;;/p-1/t23-,26-;22-,25-;;;;/m00..../s1. The molecule has 2 heterocycles.